The molecule has 1 atom stereocenters. The van der Waals surface area contributed by atoms with Gasteiger partial charge in [0.2, 0.25) is 11.8 Å². The van der Waals surface area contributed by atoms with Gasteiger partial charge >= 0.3 is 0 Å². The number of hydrogen-bond acceptors (Lipinski definition) is 3. The van der Waals surface area contributed by atoms with Gasteiger partial charge in [-0.05, 0) is 34.5 Å². The fourth-order valence-corrected chi connectivity index (χ4v) is 2.93. The molecule has 2 aromatic rings. The molecule has 0 bridgehead atoms. The lowest BCUT2D eigenvalue weighted by atomic mass is 10.1. The van der Waals surface area contributed by atoms with E-state index in [1.807, 2.05) is 11.6 Å². The Kier molecular flexibility index (Phi) is 3.01. The maximum Gasteiger partial charge on any atom is 0.260 e. The van der Waals surface area contributed by atoms with E-state index < -0.39 is 11.9 Å². The number of halogens is 1. The smallest absolute Gasteiger partial charge is 0.260 e. The van der Waals surface area contributed by atoms with Crippen molar-refractivity contribution < 1.29 is 9.59 Å². The molecule has 2 aromatic heterocycles. The number of nitrogens with zero attached hydrogens (tertiary/aromatic N) is 2. The van der Waals surface area contributed by atoms with Gasteiger partial charge in [0.15, 0.2) is 0 Å². The van der Waals surface area contributed by atoms with Crippen molar-refractivity contribution in [3.8, 4) is 0 Å². The summed E-state index contributed by atoms with van der Waals surface area (Å²) < 4.78 is 4.05. The van der Waals surface area contributed by atoms with Crippen molar-refractivity contribution in [2.45, 2.75) is 18.9 Å². The Balaban J connectivity index is 2.13. The summed E-state index contributed by atoms with van der Waals surface area (Å²) in [5.41, 5.74) is 0.573. The van der Waals surface area contributed by atoms with Crippen molar-refractivity contribution in [1.29, 1.82) is 0 Å². The van der Waals surface area contributed by atoms with Crippen LogP contribution in [0.1, 0.15) is 18.9 Å². The summed E-state index contributed by atoms with van der Waals surface area (Å²) in [5.74, 6) is -0.708. The van der Waals surface area contributed by atoms with Crippen molar-refractivity contribution >= 4 is 38.6 Å². The lowest BCUT2D eigenvalue weighted by Crippen LogP contribution is -2.44. The maximum atomic E-state index is 12.5. The molecule has 3 rings (SSSR count). The average Bonchev–Trinajstić information content (AvgIpc) is 2.69. The Bertz CT molecular complexity index is 790. The molecule has 1 fully saturated rings. The van der Waals surface area contributed by atoms with E-state index in [4.69, 9.17) is 0 Å². The van der Waals surface area contributed by atoms with Crippen LogP contribution >= 0.6 is 15.9 Å². The predicted octanol–water partition coefficient (Wildman–Crippen LogP) is 1.08. The number of pyridine rings is 1. The molecule has 7 heteroatoms. The molecule has 0 spiro atoms. The third kappa shape index (κ3) is 1.89. The Morgan fingerprint density at radius 3 is 2.80 bits per heavy atom. The summed E-state index contributed by atoms with van der Waals surface area (Å²) in [7, 11) is 1.85. The molecular formula is C13H12BrN3O3. The standard InChI is InChI=1S/C13H12BrN3O3/c1-16-8-4-5-17(13(20)7(8)6-10(16)14)9-2-3-11(18)15-12(9)19/h4-6,9H,2-3H2,1H3,(H,15,18,19). The third-order valence-corrected chi connectivity index (χ3v) is 4.39. The number of hydrogen-bond donors (Lipinski definition) is 1. The number of aromatic nitrogens is 2. The van der Waals surface area contributed by atoms with E-state index in [9.17, 15) is 14.4 Å². The average molecular weight is 338 g/mol. The number of amides is 2. The highest BCUT2D eigenvalue weighted by atomic mass is 79.9. The van der Waals surface area contributed by atoms with Crippen molar-refractivity contribution in [3.63, 3.8) is 0 Å². The minimum absolute atomic E-state index is 0.224. The monoisotopic (exact) mass is 337 g/mol. The van der Waals surface area contributed by atoms with E-state index in [0.29, 0.717) is 11.8 Å². The second kappa shape index (κ2) is 4.59. The molecule has 3 heterocycles. The van der Waals surface area contributed by atoms with Crippen LogP contribution in [0.5, 0.6) is 0 Å². The van der Waals surface area contributed by atoms with Crippen molar-refractivity contribution in [2.24, 2.45) is 7.05 Å². The van der Waals surface area contributed by atoms with Gasteiger partial charge in [-0.15, -0.1) is 0 Å². The Morgan fingerprint density at radius 1 is 1.35 bits per heavy atom. The van der Waals surface area contributed by atoms with Gasteiger partial charge in [0.05, 0.1) is 15.5 Å². The minimum Gasteiger partial charge on any atom is -0.338 e. The molecular weight excluding hydrogens is 326 g/mol. The lowest BCUT2D eigenvalue weighted by molar-refractivity contribution is -0.135. The SMILES string of the molecule is Cn1c(Br)cc2c(=O)n(C3CCC(=O)NC3=O)ccc21. The van der Waals surface area contributed by atoms with Crippen LogP contribution in [0.3, 0.4) is 0 Å². The molecule has 0 radical (unpaired) electrons. The Morgan fingerprint density at radius 2 is 2.10 bits per heavy atom. The minimum atomic E-state index is -0.622. The molecule has 0 aliphatic carbocycles. The molecule has 0 aromatic carbocycles. The summed E-state index contributed by atoms with van der Waals surface area (Å²) in [6.45, 7) is 0. The number of piperidine rings is 1. The van der Waals surface area contributed by atoms with Crippen LogP contribution in [0.15, 0.2) is 27.7 Å². The number of rotatable bonds is 1. The first-order valence-electron chi connectivity index (χ1n) is 6.19. The molecule has 1 aliphatic heterocycles. The Labute approximate surface area is 122 Å². The van der Waals surface area contributed by atoms with Gasteiger partial charge in [0.1, 0.15) is 6.04 Å². The number of imide groups is 1. The highest BCUT2D eigenvalue weighted by Crippen LogP contribution is 2.22. The second-order valence-electron chi connectivity index (χ2n) is 4.82. The van der Waals surface area contributed by atoms with Crippen molar-refractivity contribution in [3.05, 3.63) is 33.3 Å². The van der Waals surface area contributed by atoms with E-state index in [-0.39, 0.29) is 17.9 Å². The molecule has 2 amide bonds. The van der Waals surface area contributed by atoms with E-state index in [0.717, 1.165) is 10.1 Å². The number of fused-ring (bicyclic) bond motifs is 1. The van der Waals surface area contributed by atoms with Gasteiger partial charge in [-0.2, -0.15) is 0 Å². The normalized spacial score (nSPS) is 19.4. The topological polar surface area (TPSA) is 73.1 Å². The number of aryl methyl sites for hydroxylation is 1. The highest BCUT2D eigenvalue weighted by Gasteiger charge is 2.29. The predicted molar refractivity (Wildman–Crippen MR) is 76.3 cm³/mol. The molecule has 1 saturated heterocycles. The van der Waals surface area contributed by atoms with Gasteiger partial charge < -0.3 is 9.13 Å². The van der Waals surface area contributed by atoms with Crippen molar-refractivity contribution in [1.82, 2.24) is 14.5 Å². The maximum absolute atomic E-state index is 12.5. The quantitative estimate of drug-likeness (QED) is 0.791. The first-order valence-corrected chi connectivity index (χ1v) is 6.98. The molecule has 6 nitrogen and oxygen atoms in total. The molecule has 1 aliphatic rings. The van der Waals surface area contributed by atoms with E-state index in [2.05, 4.69) is 21.2 Å². The van der Waals surface area contributed by atoms with Crippen LogP contribution in [0.4, 0.5) is 0 Å². The summed E-state index contributed by atoms with van der Waals surface area (Å²) in [5, 5.41) is 2.82. The summed E-state index contributed by atoms with van der Waals surface area (Å²) in [6, 6.07) is 2.91. The zero-order chi connectivity index (χ0) is 14.4. The molecule has 20 heavy (non-hydrogen) atoms. The van der Waals surface area contributed by atoms with E-state index >= 15 is 0 Å². The fraction of sp³-hybridized carbons (Fsp3) is 0.308. The fourth-order valence-electron chi connectivity index (χ4n) is 2.51. The van der Waals surface area contributed by atoms with Gasteiger partial charge in [0, 0.05) is 19.7 Å². The van der Waals surface area contributed by atoms with Gasteiger partial charge in [-0.25, -0.2) is 0 Å². The van der Waals surface area contributed by atoms with Gasteiger partial charge in [-0.3, -0.25) is 19.7 Å². The van der Waals surface area contributed by atoms with Crippen molar-refractivity contribution in [2.75, 3.05) is 0 Å². The number of carbonyl (C=O) groups excluding carboxylic acids is 2. The zero-order valence-electron chi connectivity index (χ0n) is 10.7. The summed E-state index contributed by atoms with van der Waals surface area (Å²) in [4.78, 5) is 35.5. The first-order chi connectivity index (χ1) is 9.49. The summed E-state index contributed by atoms with van der Waals surface area (Å²) >= 11 is 3.37. The highest BCUT2D eigenvalue weighted by molar-refractivity contribution is 9.10. The van der Waals surface area contributed by atoms with E-state index in [1.165, 1.54) is 4.57 Å². The Hall–Kier alpha value is -1.89. The van der Waals surface area contributed by atoms with Crippen LogP contribution in [0.2, 0.25) is 0 Å². The first kappa shape index (κ1) is 13.1. The second-order valence-corrected chi connectivity index (χ2v) is 5.63. The zero-order valence-corrected chi connectivity index (χ0v) is 12.3. The van der Waals surface area contributed by atoms with Gasteiger partial charge in [-0.1, -0.05) is 0 Å². The number of carbonyl (C=O) groups is 2. The molecule has 0 saturated carbocycles. The lowest BCUT2D eigenvalue weighted by Gasteiger charge is -2.22. The van der Waals surface area contributed by atoms with Crippen LogP contribution in [-0.2, 0) is 16.6 Å². The van der Waals surface area contributed by atoms with Crippen LogP contribution in [-0.4, -0.2) is 20.9 Å². The third-order valence-electron chi connectivity index (χ3n) is 3.62. The van der Waals surface area contributed by atoms with E-state index in [1.54, 1.807) is 18.3 Å². The molecule has 104 valence electrons. The molecule has 1 N–H and O–H groups in total. The van der Waals surface area contributed by atoms with Crippen LogP contribution in [0, 0.1) is 0 Å². The number of nitrogens with one attached hydrogen (secondary N) is 1. The van der Waals surface area contributed by atoms with Crippen LogP contribution < -0.4 is 10.9 Å². The largest absolute Gasteiger partial charge is 0.338 e. The summed E-state index contributed by atoms with van der Waals surface area (Å²) in [6.07, 6.45) is 2.21. The van der Waals surface area contributed by atoms with Gasteiger partial charge in [0.25, 0.3) is 5.56 Å². The molecule has 1 unspecified atom stereocenters. The van der Waals surface area contributed by atoms with Crippen LogP contribution in [0.25, 0.3) is 10.9 Å².